The standard InChI is InChI=1S/C12H14N2O2S/c1-2-16-11(15)5-8-3-4-9(6-13)12(17)10(8)7-14/h3-4,17H,2,5,7,14H2,1H3. The lowest BCUT2D eigenvalue weighted by atomic mass is 10.0. The second-order valence-corrected chi connectivity index (χ2v) is 3.84. The number of nitrogens with two attached hydrogens (primary N) is 1. The number of rotatable bonds is 4. The number of carbonyl (C=O) groups excluding carboxylic acids is 1. The number of hydrogen-bond acceptors (Lipinski definition) is 5. The summed E-state index contributed by atoms with van der Waals surface area (Å²) in [5.41, 5.74) is 7.56. The molecule has 1 aromatic carbocycles. The van der Waals surface area contributed by atoms with E-state index >= 15 is 0 Å². The maximum atomic E-state index is 11.4. The van der Waals surface area contributed by atoms with Crippen molar-refractivity contribution in [3.63, 3.8) is 0 Å². The Morgan fingerprint density at radius 3 is 2.82 bits per heavy atom. The summed E-state index contributed by atoms with van der Waals surface area (Å²) in [7, 11) is 0. The van der Waals surface area contributed by atoms with Crippen LogP contribution in [0.1, 0.15) is 23.6 Å². The zero-order chi connectivity index (χ0) is 12.8. The summed E-state index contributed by atoms with van der Waals surface area (Å²) >= 11 is 4.26. The lowest BCUT2D eigenvalue weighted by Gasteiger charge is -2.11. The van der Waals surface area contributed by atoms with Gasteiger partial charge in [0, 0.05) is 11.4 Å². The van der Waals surface area contributed by atoms with Crippen LogP contribution in [0.5, 0.6) is 0 Å². The molecule has 2 N–H and O–H groups in total. The maximum absolute atomic E-state index is 11.4. The number of benzene rings is 1. The number of hydrogen-bond donors (Lipinski definition) is 2. The van der Waals surface area contributed by atoms with Gasteiger partial charge in [0.2, 0.25) is 0 Å². The summed E-state index contributed by atoms with van der Waals surface area (Å²) < 4.78 is 4.87. The van der Waals surface area contributed by atoms with E-state index in [9.17, 15) is 4.79 Å². The minimum absolute atomic E-state index is 0.152. The monoisotopic (exact) mass is 250 g/mol. The van der Waals surface area contributed by atoms with Crippen molar-refractivity contribution in [3.05, 3.63) is 28.8 Å². The Labute approximate surface area is 106 Å². The molecule has 0 bridgehead atoms. The fourth-order valence-corrected chi connectivity index (χ4v) is 1.89. The molecular weight excluding hydrogens is 236 g/mol. The molecule has 17 heavy (non-hydrogen) atoms. The zero-order valence-electron chi connectivity index (χ0n) is 9.56. The Morgan fingerprint density at radius 2 is 2.29 bits per heavy atom. The van der Waals surface area contributed by atoms with Crippen molar-refractivity contribution >= 4 is 18.6 Å². The fourth-order valence-electron chi connectivity index (χ4n) is 1.53. The van der Waals surface area contributed by atoms with Crippen LogP contribution in [0, 0.1) is 11.3 Å². The van der Waals surface area contributed by atoms with Crippen LogP contribution in [0.15, 0.2) is 17.0 Å². The first kappa shape index (κ1) is 13.6. The average molecular weight is 250 g/mol. The molecule has 0 radical (unpaired) electrons. The van der Waals surface area contributed by atoms with Gasteiger partial charge in [-0.05, 0) is 24.1 Å². The van der Waals surface area contributed by atoms with Crippen LogP contribution in [0.4, 0.5) is 0 Å². The molecule has 0 heterocycles. The highest BCUT2D eigenvalue weighted by atomic mass is 32.1. The molecule has 0 aliphatic carbocycles. The van der Waals surface area contributed by atoms with E-state index in [-0.39, 0.29) is 18.9 Å². The quantitative estimate of drug-likeness (QED) is 0.626. The van der Waals surface area contributed by atoms with E-state index in [2.05, 4.69) is 12.6 Å². The molecule has 1 aromatic rings. The summed E-state index contributed by atoms with van der Waals surface area (Å²) in [6.07, 6.45) is 0.152. The van der Waals surface area contributed by atoms with Gasteiger partial charge in [0.15, 0.2) is 0 Å². The lowest BCUT2D eigenvalue weighted by Crippen LogP contribution is -2.12. The minimum atomic E-state index is -0.306. The highest BCUT2D eigenvalue weighted by Crippen LogP contribution is 2.23. The van der Waals surface area contributed by atoms with Crippen molar-refractivity contribution < 1.29 is 9.53 Å². The molecule has 0 atom stereocenters. The lowest BCUT2D eigenvalue weighted by molar-refractivity contribution is -0.142. The summed E-state index contributed by atoms with van der Waals surface area (Å²) in [5, 5.41) is 8.86. The third kappa shape index (κ3) is 3.22. The van der Waals surface area contributed by atoms with Gasteiger partial charge in [-0.15, -0.1) is 12.6 Å². The number of carbonyl (C=O) groups is 1. The first-order valence-corrected chi connectivity index (χ1v) is 5.68. The Kier molecular flexibility index (Phi) is 5.01. The van der Waals surface area contributed by atoms with Gasteiger partial charge in [0.25, 0.3) is 0 Å². The van der Waals surface area contributed by atoms with Gasteiger partial charge in [-0.25, -0.2) is 0 Å². The smallest absolute Gasteiger partial charge is 0.310 e. The molecule has 0 saturated carbocycles. The van der Waals surface area contributed by atoms with Crippen molar-refractivity contribution in [3.8, 4) is 6.07 Å². The number of thiol groups is 1. The van der Waals surface area contributed by atoms with E-state index in [0.717, 1.165) is 11.1 Å². The van der Waals surface area contributed by atoms with Crippen LogP contribution in [-0.2, 0) is 22.5 Å². The molecule has 0 aromatic heterocycles. The largest absolute Gasteiger partial charge is 0.466 e. The van der Waals surface area contributed by atoms with Gasteiger partial charge < -0.3 is 10.5 Å². The first-order valence-electron chi connectivity index (χ1n) is 5.23. The summed E-state index contributed by atoms with van der Waals surface area (Å²) in [4.78, 5) is 11.9. The van der Waals surface area contributed by atoms with Crippen molar-refractivity contribution in [2.45, 2.75) is 24.8 Å². The van der Waals surface area contributed by atoms with Crippen molar-refractivity contribution in [1.82, 2.24) is 0 Å². The molecule has 0 spiro atoms. The molecule has 0 amide bonds. The normalized spacial score (nSPS) is 9.76. The van der Waals surface area contributed by atoms with Crippen LogP contribution in [0.3, 0.4) is 0 Å². The van der Waals surface area contributed by atoms with Gasteiger partial charge in [-0.3, -0.25) is 4.79 Å². The summed E-state index contributed by atoms with van der Waals surface area (Å²) in [6.45, 7) is 2.34. The number of nitrogens with zero attached hydrogens (tertiary/aromatic N) is 1. The molecule has 90 valence electrons. The van der Waals surface area contributed by atoms with Gasteiger partial charge in [0.1, 0.15) is 6.07 Å². The maximum Gasteiger partial charge on any atom is 0.310 e. The molecular formula is C12H14N2O2S. The predicted molar refractivity (Wildman–Crippen MR) is 66.6 cm³/mol. The van der Waals surface area contributed by atoms with Gasteiger partial charge in [-0.2, -0.15) is 5.26 Å². The molecule has 0 aliphatic heterocycles. The Bertz CT molecular complexity index is 466. The fraction of sp³-hybridized carbons (Fsp3) is 0.333. The third-order valence-corrected chi connectivity index (χ3v) is 2.86. The van der Waals surface area contributed by atoms with Crippen LogP contribution < -0.4 is 5.73 Å². The molecule has 1 rings (SSSR count). The molecule has 4 nitrogen and oxygen atoms in total. The highest BCUT2D eigenvalue weighted by Gasteiger charge is 2.12. The van der Waals surface area contributed by atoms with E-state index in [4.69, 9.17) is 15.7 Å². The molecule has 5 heteroatoms. The van der Waals surface area contributed by atoms with Crippen molar-refractivity contribution in [2.75, 3.05) is 6.61 Å². The van der Waals surface area contributed by atoms with E-state index in [1.807, 2.05) is 6.07 Å². The molecule has 0 aliphatic rings. The van der Waals surface area contributed by atoms with Crippen molar-refractivity contribution in [2.24, 2.45) is 5.73 Å². The second-order valence-electron chi connectivity index (χ2n) is 3.40. The van der Waals surface area contributed by atoms with Gasteiger partial charge >= 0.3 is 5.97 Å². The minimum Gasteiger partial charge on any atom is -0.466 e. The zero-order valence-corrected chi connectivity index (χ0v) is 10.5. The van der Waals surface area contributed by atoms with Crippen molar-refractivity contribution in [1.29, 1.82) is 5.26 Å². The van der Waals surface area contributed by atoms with E-state index in [0.29, 0.717) is 17.1 Å². The Morgan fingerprint density at radius 1 is 1.59 bits per heavy atom. The summed E-state index contributed by atoms with van der Waals surface area (Å²) in [5.74, 6) is -0.306. The van der Waals surface area contributed by atoms with Crippen LogP contribution >= 0.6 is 12.6 Å². The van der Waals surface area contributed by atoms with Gasteiger partial charge in [-0.1, -0.05) is 6.07 Å². The Balaban J connectivity index is 3.05. The number of esters is 1. The average Bonchev–Trinajstić information content (AvgIpc) is 2.30. The SMILES string of the molecule is CCOC(=O)Cc1ccc(C#N)c(S)c1CN. The molecule has 0 unspecified atom stereocenters. The number of nitriles is 1. The van der Waals surface area contributed by atoms with Crippen LogP contribution in [0.25, 0.3) is 0 Å². The van der Waals surface area contributed by atoms with E-state index < -0.39 is 0 Å². The summed E-state index contributed by atoms with van der Waals surface area (Å²) in [6, 6.07) is 5.38. The second kappa shape index (κ2) is 6.28. The van der Waals surface area contributed by atoms with Crippen LogP contribution in [-0.4, -0.2) is 12.6 Å². The number of ether oxygens (including phenoxy) is 1. The van der Waals surface area contributed by atoms with E-state index in [1.165, 1.54) is 0 Å². The molecule has 0 saturated heterocycles. The third-order valence-electron chi connectivity index (χ3n) is 2.34. The van der Waals surface area contributed by atoms with Gasteiger partial charge in [0.05, 0.1) is 18.6 Å². The first-order chi connectivity index (χ1) is 8.13. The topological polar surface area (TPSA) is 76.1 Å². The Hall–Kier alpha value is -1.51. The van der Waals surface area contributed by atoms with E-state index in [1.54, 1.807) is 19.1 Å². The highest BCUT2D eigenvalue weighted by molar-refractivity contribution is 7.80. The van der Waals surface area contributed by atoms with Crippen LogP contribution in [0.2, 0.25) is 0 Å². The predicted octanol–water partition coefficient (Wildman–Crippen LogP) is 1.41. The molecule has 0 fully saturated rings.